The summed E-state index contributed by atoms with van der Waals surface area (Å²) in [6.45, 7) is 0. The molecule has 3 N–H and O–H groups in total. The summed E-state index contributed by atoms with van der Waals surface area (Å²) < 4.78 is 39.5. The van der Waals surface area contributed by atoms with E-state index >= 15 is 0 Å². The lowest BCUT2D eigenvalue weighted by Crippen LogP contribution is -2.09. The molecule has 0 aliphatic heterocycles. The standard InChI is InChI=1S/C26H19FN6O2S/c1-36(34,35)33-19-9-16(12-28-14-19)17-10-22-25(31-32-26(22)29-13-17)24-11-21-20(6-3-7-23(21)30-24)15-4-2-5-18(27)8-15/h2-14,30,33H,1H3,(H,29,31,32). The zero-order chi connectivity index (χ0) is 24.9. The van der Waals surface area contributed by atoms with Crippen molar-refractivity contribution < 1.29 is 12.8 Å². The third kappa shape index (κ3) is 4.07. The van der Waals surface area contributed by atoms with Gasteiger partial charge in [0, 0.05) is 39.8 Å². The second-order valence-corrected chi connectivity index (χ2v) is 10.2. The first-order valence-electron chi connectivity index (χ1n) is 11.0. The van der Waals surface area contributed by atoms with Crippen molar-refractivity contribution in [2.45, 2.75) is 0 Å². The van der Waals surface area contributed by atoms with Crippen LogP contribution in [0.3, 0.4) is 0 Å². The molecule has 36 heavy (non-hydrogen) atoms. The number of anilines is 1. The van der Waals surface area contributed by atoms with Gasteiger partial charge in [-0.25, -0.2) is 17.8 Å². The Morgan fingerprint density at radius 3 is 2.56 bits per heavy atom. The van der Waals surface area contributed by atoms with E-state index in [2.05, 4.69) is 29.9 Å². The molecule has 0 fully saturated rings. The Morgan fingerprint density at radius 2 is 1.72 bits per heavy atom. The van der Waals surface area contributed by atoms with Gasteiger partial charge in [0.1, 0.15) is 11.5 Å². The maximum Gasteiger partial charge on any atom is 0.229 e. The van der Waals surface area contributed by atoms with Crippen LogP contribution in [-0.2, 0) is 10.0 Å². The Balaban J connectivity index is 1.45. The van der Waals surface area contributed by atoms with Gasteiger partial charge in [-0.15, -0.1) is 0 Å². The Bertz CT molecular complexity index is 1880. The minimum absolute atomic E-state index is 0.289. The highest BCUT2D eigenvalue weighted by Gasteiger charge is 2.15. The lowest BCUT2D eigenvalue weighted by atomic mass is 10.0. The predicted octanol–water partition coefficient (Wildman–Crippen LogP) is 5.35. The minimum atomic E-state index is -3.43. The van der Waals surface area contributed by atoms with Crippen LogP contribution in [0.25, 0.3) is 55.6 Å². The maximum absolute atomic E-state index is 13.9. The lowest BCUT2D eigenvalue weighted by Gasteiger charge is -2.06. The number of hydrogen-bond acceptors (Lipinski definition) is 5. The molecule has 4 aromatic heterocycles. The van der Waals surface area contributed by atoms with Crippen LogP contribution >= 0.6 is 0 Å². The quantitative estimate of drug-likeness (QED) is 0.296. The van der Waals surface area contributed by atoms with E-state index in [-0.39, 0.29) is 5.82 Å². The molecule has 0 saturated carbocycles. The number of benzene rings is 2. The molecule has 4 heterocycles. The van der Waals surface area contributed by atoms with Gasteiger partial charge < -0.3 is 4.98 Å². The van der Waals surface area contributed by atoms with Gasteiger partial charge in [-0.3, -0.25) is 14.8 Å². The molecule has 0 bridgehead atoms. The van der Waals surface area contributed by atoms with E-state index in [0.717, 1.165) is 44.9 Å². The topological polar surface area (TPSA) is 116 Å². The maximum atomic E-state index is 13.9. The van der Waals surface area contributed by atoms with Crippen LogP contribution in [0.4, 0.5) is 10.1 Å². The normalized spacial score (nSPS) is 11.8. The second-order valence-electron chi connectivity index (χ2n) is 8.49. The van der Waals surface area contributed by atoms with Crippen LogP contribution < -0.4 is 4.72 Å². The number of aromatic amines is 2. The molecule has 8 nitrogen and oxygen atoms in total. The van der Waals surface area contributed by atoms with Gasteiger partial charge >= 0.3 is 0 Å². The van der Waals surface area contributed by atoms with Crippen molar-refractivity contribution in [1.29, 1.82) is 0 Å². The van der Waals surface area contributed by atoms with Gasteiger partial charge in [-0.2, -0.15) is 5.10 Å². The Hall–Kier alpha value is -4.57. The van der Waals surface area contributed by atoms with Crippen molar-refractivity contribution in [2.75, 3.05) is 11.0 Å². The number of rotatable bonds is 5. The first-order chi connectivity index (χ1) is 17.3. The van der Waals surface area contributed by atoms with Crippen molar-refractivity contribution in [1.82, 2.24) is 25.1 Å². The predicted molar refractivity (Wildman–Crippen MR) is 138 cm³/mol. The van der Waals surface area contributed by atoms with Crippen LogP contribution in [0.15, 0.2) is 79.3 Å². The number of hydrogen-bond donors (Lipinski definition) is 3. The summed E-state index contributed by atoms with van der Waals surface area (Å²) in [5, 5.41) is 9.19. The summed E-state index contributed by atoms with van der Waals surface area (Å²) in [4.78, 5) is 12.1. The molecule has 0 aliphatic carbocycles. The number of nitrogens with one attached hydrogen (secondary N) is 3. The zero-order valence-corrected chi connectivity index (χ0v) is 19.8. The van der Waals surface area contributed by atoms with Gasteiger partial charge in [0.2, 0.25) is 10.0 Å². The first-order valence-corrected chi connectivity index (χ1v) is 12.9. The fourth-order valence-corrected chi connectivity index (χ4v) is 4.86. The van der Waals surface area contributed by atoms with Gasteiger partial charge in [-0.05, 0) is 47.5 Å². The molecular weight excluding hydrogens is 479 g/mol. The summed E-state index contributed by atoms with van der Waals surface area (Å²) in [6.07, 6.45) is 5.86. The highest BCUT2D eigenvalue weighted by atomic mass is 32.2. The van der Waals surface area contributed by atoms with E-state index in [1.54, 1.807) is 24.5 Å². The van der Waals surface area contributed by atoms with Gasteiger partial charge in [0.15, 0.2) is 5.65 Å². The van der Waals surface area contributed by atoms with Crippen LogP contribution in [0.1, 0.15) is 0 Å². The number of pyridine rings is 2. The molecule has 0 saturated heterocycles. The number of aromatic nitrogens is 5. The van der Waals surface area contributed by atoms with Crippen molar-refractivity contribution in [3.63, 3.8) is 0 Å². The second kappa shape index (κ2) is 8.28. The van der Waals surface area contributed by atoms with E-state index in [0.29, 0.717) is 22.6 Å². The van der Waals surface area contributed by atoms with Crippen molar-refractivity contribution in [3.05, 3.63) is 85.1 Å². The van der Waals surface area contributed by atoms with Crippen LogP contribution in [0, 0.1) is 5.82 Å². The number of fused-ring (bicyclic) bond motifs is 2. The molecule has 10 heteroatoms. The summed E-state index contributed by atoms with van der Waals surface area (Å²) >= 11 is 0. The highest BCUT2D eigenvalue weighted by molar-refractivity contribution is 7.92. The third-order valence-electron chi connectivity index (χ3n) is 5.85. The molecule has 178 valence electrons. The van der Waals surface area contributed by atoms with Crippen LogP contribution in [0.5, 0.6) is 0 Å². The monoisotopic (exact) mass is 498 g/mol. The molecular formula is C26H19FN6O2S. The Labute approximate surface area is 205 Å². The minimum Gasteiger partial charge on any atom is -0.353 e. The fraction of sp³-hybridized carbons (Fsp3) is 0.0385. The lowest BCUT2D eigenvalue weighted by molar-refractivity contribution is 0.606. The Morgan fingerprint density at radius 1 is 0.889 bits per heavy atom. The number of H-pyrrole nitrogens is 2. The van der Waals surface area contributed by atoms with E-state index in [1.807, 2.05) is 36.4 Å². The molecule has 6 aromatic rings. The van der Waals surface area contributed by atoms with Gasteiger partial charge in [0.05, 0.1) is 23.8 Å². The number of sulfonamides is 1. The summed E-state index contributed by atoms with van der Waals surface area (Å²) in [6, 6.07) is 18.0. The van der Waals surface area contributed by atoms with Crippen molar-refractivity contribution in [3.8, 4) is 33.6 Å². The van der Waals surface area contributed by atoms with E-state index in [1.165, 1.54) is 18.3 Å². The summed E-state index contributed by atoms with van der Waals surface area (Å²) in [5.41, 5.74) is 6.49. The molecule has 2 aromatic carbocycles. The van der Waals surface area contributed by atoms with Crippen molar-refractivity contribution >= 4 is 37.6 Å². The average molecular weight is 499 g/mol. The molecule has 0 radical (unpaired) electrons. The molecule has 0 amide bonds. The van der Waals surface area contributed by atoms with Crippen LogP contribution in [-0.4, -0.2) is 39.8 Å². The van der Waals surface area contributed by atoms with Gasteiger partial charge in [0.25, 0.3) is 0 Å². The largest absolute Gasteiger partial charge is 0.353 e. The Kier molecular flexibility index (Phi) is 5.04. The number of halogens is 1. The molecule has 0 unspecified atom stereocenters. The van der Waals surface area contributed by atoms with Gasteiger partial charge in [-0.1, -0.05) is 24.3 Å². The summed E-state index contributed by atoms with van der Waals surface area (Å²) in [7, 11) is -3.43. The SMILES string of the molecule is CS(=O)(=O)Nc1cncc(-c2cnc3[nH]nc(-c4cc5c(-c6cccc(F)c6)cccc5[nH]4)c3c2)c1. The molecule has 0 aliphatic rings. The first kappa shape index (κ1) is 21.9. The summed E-state index contributed by atoms with van der Waals surface area (Å²) in [5.74, 6) is -0.289. The zero-order valence-electron chi connectivity index (χ0n) is 18.9. The van der Waals surface area contributed by atoms with E-state index < -0.39 is 10.0 Å². The third-order valence-corrected chi connectivity index (χ3v) is 6.45. The highest BCUT2D eigenvalue weighted by Crippen LogP contribution is 2.35. The average Bonchev–Trinajstić information content (AvgIpc) is 3.46. The van der Waals surface area contributed by atoms with E-state index in [9.17, 15) is 12.8 Å². The van der Waals surface area contributed by atoms with Crippen LogP contribution in [0.2, 0.25) is 0 Å². The smallest absolute Gasteiger partial charge is 0.229 e. The number of nitrogens with zero attached hydrogens (tertiary/aromatic N) is 3. The molecule has 0 atom stereocenters. The molecule has 0 spiro atoms. The van der Waals surface area contributed by atoms with E-state index in [4.69, 9.17) is 0 Å². The fourth-order valence-electron chi connectivity index (χ4n) is 4.32. The molecule has 6 rings (SSSR count). The van der Waals surface area contributed by atoms with Crippen molar-refractivity contribution in [2.24, 2.45) is 0 Å².